The molecule has 2 aromatic carbocycles. The van der Waals surface area contributed by atoms with E-state index in [0.717, 1.165) is 53.6 Å². The van der Waals surface area contributed by atoms with Crippen LogP contribution in [0.25, 0.3) is 10.9 Å². The van der Waals surface area contributed by atoms with Gasteiger partial charge >= 0.3 is 6.09 Å². The lowest BCUT2D eigenvalue weighted by molar-refractivity contribution is -0.121. The summed E-state index contributed by atoms with van der Waals surface area (Å²) in [6, 6.07) is 17.5. The second-order valence-electron chi connectivity index (χ2n) is 8.05. The molecule has 1 aromatic heterocycles. The van der Waals surface area contributed by atoms with Crippen molar-refractivity contribution in [1.82, 2.24) is 15.2 Å². The van der Waals surface area contributed by atoms with Gasteiger partial charge in [-0.3, -0.25) is 4.79 Å². The molecule has 2 N–H and O–H groups in total. The van der Waals surface area contributed by atoms with Crippen LogP contribution < -0.4 is 15.4 Å². The molecule has 33 heavy (non-hydrogen) atoms. The highest BCUT2D eigenvalue weighted by Gasteiger charge is 2.10. The van der Waals surface area contributed by atoms with Crippen LogP contribution in [0.3, 0.4) is 0 Å². The zero-order valence-electron chi connectivity index (χ0n) is 19.4. The highest BCUT2D eigenvalue weighted by atomic mass is 16.5. The Hall–Kier alpha value is -3.48. The van der Waals surface area contributed by atoms with E-state index in [1.54, 1.807) is 7.11 Å². The molecule has 0 spiro atoms. The average molecular weight is 452 g/mol. The number of nitrogens with zero attached hydrogens (tertiary/aromatic N) is 1. The lowest BCUT2D eigenvalue weighted by atomic mass is 10.2. The number of nitrogens with one attached hydrogen (secondary N) is 2. The molecule has 0 bridgehead atoms. The molecule has 0 saturated carbocycles. The van der Waals surface area contributed by atoms with Crippen molar-refractivity contribution < 1.29 is 19.1 Å². The van der Waals surface area contributed by atoms with Crippen molar-refractivity contribution in [2.24, 2.45) is 0 Å². The molecular weight excluding hydrogens is 418 g/mol. The van der Waals surface area contributed by atoms with E-state index in [1.165, 1.54) is 0 Å². The fourth-order valence-corrected chi connectivity index (χ4v) is 3.72. The van der Waals surface area contributed by atoms with Crippen LogP contribution in [0.4, 0.5) is 4.79 Å². The Bertz CT molecular complexity index is 1050. The number of rotatable bonds is 12. The number of unbranched alkanes of at least 4 members (excludes halogenated alkanes) is 3. The van der Waals surface area contributed by atoms with Gasteiger partial charge in [0, 0.05) is 29.7 Å². The maximum absolute atomic E-state index is 12.4. The second-order valence-corrected chi connectivity index (χ2v) is 8.05. The quantitative estimate of drug-likeness (QED) is 0.396. The number of ether oxygens (including phenoxy) is 2. The van der Waals surface area contributed by atoms with Crippen molar-refractivity contribution in [2.45, 2.75) is 45.8 Å². The van der Waals surface area contributed by atoms with Crippen LogP contribution >= 0.6 is 0 Å². The number of carbonyl (C=O) groups is 2. The Balaban J connectivity index is 1.25. The van der Waals surface area contributed by atoms with Crippen LogP contribution in [0.15, 0.2) is 54.6 Å². The Kier molecular flexibility index (Phi) is 9.18. The lowest BCUT2D eigenvalue weighted by Gasteiger charge is -2.10. The minimum absolute atomic E-state index is 0.00856. The van der Waals surface area contributed by atoms with Crippen LogP contribution in [0.2, 0.25) is 0 Å². The molecule has 176 valence electrons. The van der Waals surface area contributed by atoms with Crippen LogP contribution in [-0.2, 0) is 22.7 Å². The molecule has 1 heterocycles. The average Bonchev–Trinajstić information content (AvgIpc) is 3.13. The van der Waals surface area contributed by atoms with Crippen LogP contribution in [0.5, 0.6) is 5.75 Å². The van der Waals surface area contributed by atoms with Gasteiger partial charge in [0.1, 0.15) is 18.9 Å². The summed E-state index contributed by atoms with van der Waals surface area (Å²) in [7, 11) is 1.65. The van der Waals surface area contributed by atoms with E-state index < -0.39 is 6.09 Å². The van der Waals surface area contributed by atoms with Gasteiger partial charge in [-0.1, -0.05) is 43.2 Å². The van der Waals surface area contributed by atoms with E-state index >= 15 is 0 Å². The molecule has 0 radical (unpaired) electrons. The first-order chi connectivity index (χ1) is 16.1. The smallest absolute Gasteiger partial charge is 0.407 e. The van der Waals surface area contributed by atoms with Crippen molar-refractivity contribution in [3.05, 3.63) is 65.9 Å². The van der Waals surface area contributed by atoms with E-state index in [4.69, 9.17) is 9.47 Å². The lowest BCUT2D eigenvalue weighted by Crippen LogP contribution is -2.28. The highest BCUT2D eigenvalue weighted by Crippen LogP contribution is 2.24. The SMILES string of the molecule is COc1ccc2c(c1)cc(C)n2CC(=O)NCCCCCCNC(=O)OCc1ccccc1. The summed E-state index contributed by atoms with van der Waals surface area (Å²) in [5.41, 5.74) is 3.04. The zero-order chi connectivity index (χ0) is 23.5. The molecule has 0 unspecified atom stereocenters. The minimum Gasteiger partial charge on any atom is -0.497 e. The number of aryl methyl sites for hydroxylation is 1. The van der Waals surface area contributed by atoms with Gasteiger partial charge in [0.15, 0.2) is 0 Å². The standard InChI is InChI=1S/C26H33N3O4/c1-20-16-22-17-23(32-2)12-13-24(22)29(20)18-25(30)27-14-8-3-4-9-15-28-26(31)33-19-21-10-6-5-7-11-21/h5-7,10-13,16-17H,3-4,8-9,14-15,18-19H2,1-2H3,(H,27,30)(H,28,31). The summed E-state index contributed by atoms with van der Waals surface area (Å²) in [5.74, 6) is 0.817. The van der Waals surface area contributed by atoms with Crippen molar-refractivity contribution in [2.75, 3.05) is 20.2 Å². The Morgan fingerprint density at radius 2 is 1.64 bits per heavy atom. The number of benzene rings is 2. The van der Waals surface area contributed by atoms with Gasteiger partial charge in [-0.05, 0) is 49.6 Å². The fourth-order valence-electron chi connectivity index (χ4n) is 3.72. The molecule has 0 aliphatic heterocycles. The van der Waals surface area contributed by atoms with E-state index in [2.05, 4.69) is 16.7 Å². The Morgan fingerprint density at radius 3 is 2.36 bits per heavy atom. The summed E-state index contributed by atoms with van der Waals surface area (Å²) in [4.78, 5) is 24.1. The molecule has 0 atom stereocenters. The summed E-state index contributed by atoms with van der Waals surface area (Å²) in [5, 5.41) is 6.84. The number of hydrogen-bond donors (Lipinski definition) is 2. The van der Waals surface area contributed by atoms with Crippen molar-refractivity contribution in [1.29, 1.82) is 0 Å². The van der Waals surface area contributed by atoms with Gasteiger partial charge in [0.25, 0.3) is 0 Å². The minimum atomic E-state index is -0.391. The largest absolute Gasteiger partial charge is 0.497 e. The topological polar surface area (TPSA) is 81.6 Å². The van der Waals surface area contributed by atoms with Crippen molar-refractivity contribution >= 4 is 22.9 Å². The third kappa shape index (κ3) is 7.56. The third-order valence-corrected chi connectivity index (χ3v) is 5.53. The number of carbonyl (C=O) groups excluding carboxylic acids is 2. The molecule has 2 amide bonds. The first-order valence-corrected chi connectivity index (χ1v) is 11.4. The van der Waals surface area contributed by atoms with Gasteiger partial charge in [0.05, 0.1) is 7.11 Å². The van der Waals surface area contributed by atoms with E-state index in [9.17, 15) is 9.59 Å². The van der Waals surface area contributed by atoms with Crippen LogP contribution in [0.1, 0.15) is 36.9 Å². The molecule has 3 rings (SSSR count). The van der Waals surface area contributed by atoms with Gasteiger partial charge in [-0.25, -0.2) is 4.79 Å². The Morgan fingerprint density at radius 1 is 0.909 bits per heavy atom. The predicted octanol–water partition coefficient (Wildman–Crippen LogP) is 4.56. The number of amides is 2. The van der Waals surface area contributed by atoms with Gasteiger partial charge in [0.2, 0.25) is 5.91 Å². The van der Waals surface area contributed by atoms with Gasteiger partial charge in [-0.15, -0.1) is 0 Å². The Labute approximate surface area is 195 Å². The van der Waals surface area contributed by atoms with Crippen LogP contribution in [-0.4, -0.2) is 36.8 Å². The summed E-state index contributed by atoms with van der Waals surface area (Å²) in [6.07, 6.45) is 3.38. The highest BCUT2D eigenvalue weighted by molar-refractivity contribution is 5.85. The first kappa shape index (κ1) is 24.2. The van der Waals surface area contributed by atoms with Crippen molar-refractivity contribution in [3.63, 3.8) is 0 Å². The number of methoxy groups -OCH3 is 1. The van der Waals surface area contributed by atoms with E-state index in [0.29, 0.717) is 19.6 Å². The van der Waals surface area contributed by atoms with E-state index in [1.807, 2.05) is 60.0 Å². The number of aromatic nitrogens is 1. The summed E-state index contributed by atoms with van der Waals surface area (Å²) < 4.78 is 12.5. The molecule has 7 nitrogen and oxygen atoms in total. The summed E-state index contributed by atoms with van der Waals surface area (Å²) in [6.45, 7) is 3.82. The predicted molar refractivity (Wildman–Crippen MR) is 129 cm³/mol. The maximum atomic E-state index is 12.4. The van der Waals surface area contributed by atoms with Crippen molar-refractivity contribution in [3.8, 4) is 5.75 Å². The molecule has 0 fully saturated rings. The normalized spacial score (nSPS) is 10.7. The molecule has 0 saturated heterocycles. The fraction of sp³-hybridized carbons (Fsp3) is 0.385. The number of hydrogen-bond acceptors (Lipinski definition) is 4. The molecule has 3 aromatic rings. The zero-order valence-corrected chi connectivity index (χ0v) is 19.4. The second kappa shape index (κ2) is 12.5. The first-order valence-electron chi connectivity index (χ1n) is 11.4. The molecular formula is C26H33N3O4. The maximum Gasteiger partial charge on any atom is 0.407 e. The molecule has 0 aliphatic rings. The third-order valence-electron chi connectivity index (χ3n) is 5.53. The van der Waals surface area contributed by atoms with Crippen LogP contribution in [0, 0.1) is 6.92 Å². The van der Waals surface area contributed by atoms with E-state index in [-0.39, 0.29) is 12.5 Å². The van der Waals surface area contributed by atoms with Gasteiger partial charge < -0.3 is 24.7 Å². The van der Waals surface area contributed by atoms with Gasteiger partial charge in [-0.2, -0.15) is 0 Å². The molecule has 7 heteroatoms. The summed E-state index contributed by atoms with van der Waals surface area (Å²) >= 11 is 0. The number of fused-ring (bicyclic) bond motifs is 1. The monoisotopic (exact) mass is 451 g/mol. The molecule has 0 aliphatic carbocycles. The number of alkyl carbamates (subject to hydrolysis) is 1.